The van der Waals surface area contributed by atoms with E-state index in [0.29, 0.717) is 12.8 Å². The van der Waals surface area contributed by atoms with E-state index in [1.807, 2.05) is 13.2 Å². The second kappa shape index (κ2) is 9.43. The Morgan fingerprint density at radius 2 is 1.70 bits per heavy atom. The van der Waals surface area contributed by atoms with Gasteiger partial charge >= 0.3 is 11.9 Å². The third-order valence-electron chi connectivity index (χ3n) is 3.98. The maximum absolute atomic E-state index is 12.2. The van der Waals surface area contributed by atoms with Gasteiger partial charge in [0.15, 0.2) is 11.4 Å². The van der Waals surface area contributed by atoms with E-state index in [1.54, 1.807) is 13.8 Å². The van der Waals surface area contributed by atoms with Crippen molar-refractivity contribution < 1.29 is 28.7 Å². The molecule has 131 valence electrons. The van der Waals surface area contributed by atoms with Crippen molar-refractivity contribution in [1.82, 2.24) is 0 Å². The first-order valence-corrected chi connectivity index (χ1v) is 7.94. The van der Waals surface area contributed by atoms with E-state index < -0.39 is 17.0 Å². The van der Waals surface area contributed by atoms with Gasteiger partial charge in [-0.2, -0.15) is 0 Å². The van der Waals surface area contributed by atoms with Crippen molar-refractivity contribution in [2.75, 3.05) is 6.61 Å². The minimum atomic E-state index is -1.54. The number of ketones is 1. The van der Waals surface area contributed by atoms with Crippen molar-refractivity contribution in [3.63, 3.8) is 0 Å². The third-order valence-corrected chi connectivity index (χ3v) is 3.98. The molecule has 6 nitrogen and oxygen atoms in total. The van der Waals surface area contributed by atoms with Gasteiger partial charge in [0.05, 0.1) is 12.0 Å². The molecule has 1 radical (unpaired) electrons. The molecule has 0 rings (SSSR count). The lowest BCUT2D eigenvalue weighted by Crippen LogP contribution is -2.55. The number of Topliss-reactive ketones (excluding diaryl/α,β-unsaturated/α-hetero) is 1. The van der Waals surface area contributed by atoms with E-state index in [1.165, 1.54) is 13.8 Å². The van der Waals surface area contributed by atoms with E-state index in [9.17, 15) is 19.2 Å². The second-order valence-corrected chi connectivity index (χ2v) is 5.84. The van der Waals surface area contributed by atoms with Gasteiger partial charge in [-0.15, -0.1) is 0 Å². The average Bonchev–Trinajstić information content (AvgIpc) is 2.49. The van der Waals surface area contributed by atoms with Crippen LogP contribution in [0.2, 0.25) is 0 Å². The maximum Gasteiger partial charge on any atom is 0.305 e. The summed E-state index contributed by atoms with van der Waals surface area (Å²) in [6.07, 6.45) is 3.58. The molecule has 0 saturated heterocycles. The Labute approximate surface area is 137 Å². The Hall–Kier alpha value is -1.72. The number of hydrogen-bond donors (Lipinski definition) is 0. The number of hydrogen-bond acceptors (Lipinski definition) is 6. The largest absolute Gasteiger partial charge is 0.466 e. The molecular formula is C17H27O6. The van der Waals surface area contributed by atoms with Crippen LogP contribution in [-0.2, 0) is 28.7 Å². The van der Waals surface area contributed by atoms with Crippen LogP contribution in [0, 0.1) is 5.41 Å². The van der Waals surface area contributed by atoms with Gasteiger partial charge in [-0.25, -0.2) is 0 Å². The van der Waals surface area contributed by atoms with E-state index in [2.05, 4.69) is 0 Å². The minimum Gasteiger partial charge on any atom is -0.466 e. The summed E-state index contributed by atoms with van der Waals surface area (Å²) in [6.45, 7) is 7.75. The van der Waals surface area contributed by atoms with Crippen LogP contribution in [0.15, 0.2) is 0 Å². The van der Waals surface area contributed by atoms with Gasteiger partial charge in [-0.3, -0.25) is 19.2 Å². The molecule has 0 aliphatic carbocycles. The molecule has 0 aliphatic heterocycles. The second-order valence-electron chi connectivity index (χ2n) is 5.84. The highest BCUT2D eigenvalue weighted by molar-refractivity contribution is 5.92. The predicted octanol–water partition coefficient (Wildman–Crippen LogP) is 2.53. The quantitative estimate of drug-likeness (QED) is 0.428. The molecule has 0 aromatic rings. The summed E-state index contributed by atoms with van der Waals surface area (Å²) >= 11 is 0. The molecule has 0 fully saturated rings. The van der Waals surface area contributed by atoms with Crippen molar-refractivity contribution in [3.8, 4) is 0 Å². The molecular weight excluding hydrogens is 300 g/mol. The molecule has 0 spiro atoms. The summed E-state index contributed by atoms with van der Waals surface area (Å²) < 4.78 is 10.3. The van der Waals surface area contributed by atoms with Crippen LogP contribution in [-0.4, -0.2) is 36.2 Å². The molecule has 0 saturated carbocycles. The molecule has 2 unspecified atom stereocenters. The van der Waals surface area contributed by atoms with E-state index >= 15 is 0 Å². The van der Waals surface area contributed by atoms with Crippen molar-refractivity contribution in [1.29, 1.82) is 0 Å². The fourth-order valence-corrected chi connectivity index (χ4v) is 2.72. The summed E-state index contributed by atoms with van der Waals surface area (Å²) in [6, 6.07) is 0. The smallest absolute Gasteiger partial charge is 0.305 e. The zero-order valence-electron chi connectivity index (χ0n) is 14.7. The highest BCUT2D eigenvalue weighted by atomic mass is 16.6. The van der Waals surface area contributed by atoms with E-state index in [-0.39, 0.29) is 37.6 Å². The Morgan fingerprint density at radius 1 is 1.09 bits per heavy atom. The van der Waals surface area contributed by atoms with Crippen molar-refractivity contribution in [2.45, 2.75) is 72.3 Å². The fraction of sp³-hybridized carbons (Fsp3) is 0.765. The first-order valence-electron chi connectivity index (χ1n) is 7.94. The first-order chi connectivity index (χ1) is 10.7. The third kappa shape index (κ3) is 5.44. The van der Waals surface area contributed by atoms with Crippen molar-refractivity contribution in [2.24, 2.45) is 5.41 Å². The van der Waals surface area contributed by atoms with Crippen LogP contribution < -0.4 is 0 Å². The van der Waals surface area contributed by atoms with Gasteiger partial charge in [0, 0.05) is 13.3 Å². The monoisotopic (exact) mass is 327 g/mol. The van der Waals surface area contributed by atoms with Crippen LogP contribution >= 0.6 is 0 Å². The van der Waals surface area contributed by atoms with Gasteiger partial charge in [0.1, 0.15) is 0 Å². The Kier molecular flexibility index (Phi) is 8.72. The van der Waals surface area contributed by atoms with Crippen LogP contribution in [0.25, 0.3) is 0 Å². The lowest BCUT2D eigenvalue weighted by Gasteiger charge is -2.42. The van der Waals surface area contributed by atoms with Crippen molar-refractivity contribution in [3.05, 3.63) is 0 Å². The SMILES string of the molecule is CCCC(OC(C)=O)(C(C)=O)C(C)([C]=O)CCCOC(=O)CC. The van der Waals surface area contributed by atoms with Crippen LogP contribution in [0.3, 0.4) is 0 Å². The van der Waals surface area contributed by atoms with Crippen LogP contribution in [0.5, 0.6) is 0 Å². The molecule has 23 heavy (non-hydrogen) atoms. The minimum absolute atomic E-state index is 0.143. The topological polar surface area (TPSA) is 86.7 Å². The van der Waals surface area contributed by atoms with Gasteiger partial charge in [-0.1, -0.05) is 20.3 Å². The zero-order chi connectivity index (χ0) is 18.1. The number of rotatable bonds is 11. The summed E-state index contributed by atoms with van der Waals surface area (Å²) in [5, 5.41) is 0. The molecule has 0 aromatic carbocycles. The number of ether oxygens (including phenoxy) is 2. The zero-order valence-corrected chi connectivity index (χ0v) is 14.7. The fourth-order valence-electron chi connectivity index (χ4n) is 2.72. The molecule has 0 heterocycles. The standard InChI is InChI=1S/C17H27O6/c1-6-9-17(13(3)19,23-14(4)20)16(5,12-18)10-8-11-22-15(21)7-2/h6-11H2,1-5H3. The lowest BCUT2D eigenvalue weighted by molar-refractivity contribution is -0.177. The van der Waals surface area contributed by atoms with E-state index in [0.717, 1.165) is 0 Å². The van der Waals surface area contributed by atoms with Crippen LogP contribution in [0.4, 0.5) is 0 Å². The normalized spacial score (nSPS) is 15.9. The Balaban J connectivity index is 5.31. The Bertz CT molecular complexity index is 444. The van der Waals surface area contributed by atoms with Crippen LogP contribution in [0.1, 0.15) is 66.7 Å². The number of carbonyl (C=O) groups is 3. The highest BCUT2D eigenvalue weighted by Crippen LogP contribution is 2.41. The molecule has 0 aromatic heterocycles. The van der Waals surface area contributed by atoms with Gasteiger partial charge in [0.25, 0.3) is 0 Å². The highest BCUT2D eigenvalue weighted by Gasteiger charge is 2.54. The predicted molar refractivity (Wildman–Crippen MR) is 84.4 cm³/mol. The molecule has 2 atom stereocenters. The van der Waals surface area contributed by atoms with Crippen molar-refractivity contribution >= 4 is 24.0 Å². The Morgan fingerprint density at radius 3 is 2.09 bits per heavy atom. The van der Waals surface area contributed by atoms with Gasteiger partial charge < -0.3 is 9.47 Å². The summed E-state index contributed by atoms with van der Waals surface area (Å²) in [5.74, 6) is -1.33. The average molecular weight is 327 g/mol. The molecule has 0 N–H and O–H groups in total. The lowest BCUT2D eigenvalue weighted by atomic mass is 9.67. The van der Waals surface area contributed by atoms with Gasteiger partial charge in [0.2, 0.25) is 6.29 Å². The molecule has 0 aliphatic rings. The molecule has 0 amide bonds. The summed E-state index contributed by atoms with van der Waals surface area (Å²) in [5.41, 5.74) is -2.83. The first kappa shape index (κ1) is 21.3. The molecule has 6 heteroatoms. The molecule has 0 bridgehead atoms. The summed E-state index contributed by atoms with van der Waals surface area (Å²) in [7, 11) is 0. The summed E-state index contributed by atoms with van der Waals surface area (Å²) in [4.78, 5) is 46.5. The maximum atomic E-state index is 12.2. The van der Waals surface area contributed by atoms with E-state index in [4.69, 9.17) is 9.47 Å². The number of carbonyl (C=O) groups excluding carboxylic acids is 4. The van der Waals surface area contributed by atoms with Gasteiger partial charge in [-0.05, 0) is 33.1 Å². The number of esters is 2.